The fourth-order valence-corrected chi connectivity index (χ4v) is 4.54. The van der Waals surface area contributed by atoms with Gasteiger partial charge in [-0.3, -0.25) is 4.79 Å². The van der Waals surface area contributed by atoms with Crippen molar-refractivity contribution in [1.82, 2.24) is 20.1 Å². The summed E-state index contributed by atoms with van der Waals surface area (Å²) in [7, 11) is 0. The standard InChI is InChI=1S/C27H22N4O2/c1-17-6-2-3-7-20(17)26-30-29-25(33-26)18-10-12-19(13-11-18)27(32)31-15-14-24-22(16-31)21-8-4-5-9-23(21)28-24/h2-13,28H,14-16H2,1H3. The van der Waals surface area contributed by atoms with Crippen molar-refractivity contribution in [2.75, 3.05) is 6.54 Å². The number of rotatable bonds is 3. The lowest BCUT2D eigenvalue weighted by molar-refractivity contribution is 0.0735. The smallest absolute Gasteiger partial charge is 0.254 e. The Labute approximate surface area is 190 Å². The van der Waals surface area contributed by atoms with E-state index in [1.54, 1.807) is 0 Å². The molecular formula is C27H22N4O2. The van der Waals surface area contributed by atoms with Crippen molar-refractivity contribution in [3.05, 3.63) is 95.2 Å². The predicted molar refractivity (Wildman–Crippen MR) is 127 cm³/mol. The fraction of sp³-hybridized carbons (Fsp3) is 0.148. The molecule has 5 aromatic rings. The summed E-state index contributed by atoms with van der Waals surface area (Å²) in [6.07, 6.45) is 0.831. The van der Waals surface area contributed by atoms with Crippen LogP contribution < -0.4 is 0 Å². The van der Waals surface area contributed by atoms with Gasteiger partial charge in [0, 0.05) is 58.4 Å². The second kappa shape index (κ2) is 7.74. The van der Waals surface area contributed by atoms with Crippen molar-refractivity contribution < 1.29 is 9.21 Å². The van der Waals surface area contributed by atoms with Gasteiger partial charge in [0.25, 0.3) is 5.91 Å². The van der Waals surface area contributed by atoms with Gasteiger partial charge in [0.2, 0.25) is 11.8 Å². The Bertz CT molecular complexity index is 1480. The Kier molecular flexibility index (Phi) is 4.57. The second-order valence-corrected chi connectivity index (χ2v) is 8.41. The van der Waals surface area contributed by atoms with Crippen LogP contribution in [0.4, 0.5) is 0 Å². The largest absolute Gasteiger partial charge is 0.416 e. The first-order valence-corrected chi connectivity index (χ1v) is 11.0. The van der Waals surface area contributed by atoms with Crippen LogP contribution in [0.15, 0.2) is 77.2 Å². The van der Waals surface area contributed by atoms with Gasteiger partial charge >= 0.3 is 0 Å². The normalized spacial score (nSPS) is 13.3. The number of benzene rings is 3. The molecule has 0 bridgehead atoms. The third-order valence-corrected chi connectivity index (χ3v) is 6.35. The molecule has 3 aromatic carbocycles. The van der Waals surface area contributed by atoms with E-state index >= 15 is 0 Å². The SMILES string of the molecule is Cc1ccccc1-c1nnc(-c2ccc(C(=O)N3CCc4[nH]c5ccccc5c4C3)cc2)o1. The first-order valence-electron chi connectivity index (χ1n) is 11.0. The minimum Gasteiger partial charge on any atom is -0.416 e. The number of carbonyl (C=O) groups excluding carboxylic acids is 1. The Morgan fingerprint density at radius 2 is 1.70 bits per heavy atom. The lowest BCUT2D eigenvalue weighted by Gasteiger charge is -2.27. The highest BCUT2D eigenvalue weighted by Gasteiger charge is 2.25. The van der Waals surface area contributed by atoms with Crippen LogP contribution >= 0.6 is 0 Å². The number of aromatic nitrogens is 3. The molecule has 0 atom stereocenters. The summed E-state index contributed by atoms with van der Waals surface area (Å²) in [6, 6.07) is 23.6. The van der Waals surface area contributed by atoms with E-state index in [0.29, 0.717) is 30.4 Å². The van der Waals surface area contributed by atoms with Gasteiger partial charge in [-0.25, -0.2) is 0 Å². The monoisotopic (exact) mass is 434 g/mol. The molecule has 3 heterocycles. The van der Waals surface area contributed by atoms with E-state index in [-0.39, 0.29) is 5.91 Å². The van der Waals surface area contributed by atoms with E-state index in [0.717, 1.165) is 28.6 Å². The number of fused-ring (bicyclic) bond motifs is 3. The third-order valence-electron chi connectivity index (χ3n) is 6.35. The van der Waals surface area contributed by atoms with Gasteiger partial charge < -0.3 is 14.3 Å². The zero-order valence-electron chi connectivity index (χ0n) is 18.2. The molecule has 0 unspecified atom stereocenters. The zero-order valence-corrected chi connectivity index (χ0v) is 18.2. The molecule has 1 N–H and O–H groups in total. The summed E-state index contributed by atoms with van der Waals surface area (Å²) >= 11 is 0. The number of nitrogens with one attached hydrogen (secondary N) is 1. The number of para-hydroxylation sites is 1. The number of aryl methyl sites for hydroxylation is 1. The van der Waals surface area contributed by atoms with Gasteiger partial charge in [-0.2, -0.15) is 0 Å². The molecule has 6 nitrogen and oxygen atoms in total. The summed E-state index contributed by atoms with van der Waals surface area (Å²) in [4.78, 5) is 18.6. The van der Waals surface area contributed by atoms with Crippen LogP contribution in [0.25, 0.3) is 33.8 Å². The van der Waals surface area contributed by atoms with Crippen molar-refractivity contribution in [3.8, 4) is 22.9 Å². The van der Waals surface area contributed by atoms with E-state index in [2.05, 4.69) is 27.3 Å². The molecule has 0 spiro atoms. The number of hydrogen-bond acceptors (Lipinski definition) is 4. The van der Waals surface area contributed by atoms with Gasteiger partial charge in [0.15, 0.2) is 0 Å². The van der Waals surface area contributed by atoms with Crippen molar-refractivity contribution >= 4 is 16.8 Å². The summed E-state index contributed by atoms with van der Waals surface area (Å²) < 4.78 is 5.90. The lowest BCUT2D eigenvalue weighted by atomic mass is 10.0. The van der Waals surface area contributed by atoms with Gasteiger partial charge in [-0.15, -0.1) is 10.2 Å². The first-order chi connectivity index (χ1) is 16.2. The lowest BCUT2D eigenvalue weighted by Crippen LogP contribution is -2.35. The summed E-state index contributed by atoms with van der Waals surface area (Å²) in [6.45, 7) is 3.33. The molecule has 0 aliphatic carbocycles. The van der Waals surface area contributed by atoms with Gasteiger partial charge in [-0.1, -0.05) is 36.4 Å². The molecule has 1 aliphatic heterocycles. The highest BCUT2D eigenvalue weighted by molar-refractivity contribution is 5.95. The molecule has 1 aliphatic rings. The van der Waals surface area contributed by atoms with Crippen LogP contribution in [0.3, 0.4) is 0 Å². The maximum atomic E-state index is 13.2. The fourth-order valence-electron chi connectivity index (χ4n) is 4.54. The molecular weight excluding hydrogens is 412 g/mol. The maximum Gasteiger partial charge on any atom is 0.254 e. The number of aromatic amines is 1. The second-order valence-electron chi connectivity index (χ2n) is 8.41. The van der Waals surface area contributed by atoms with Crippen molar-refractivity contribution in [2.45, 2.75) is 19.9 Å². The molecule has 6 rings (SSSR count). The van der Waals surface area contributed by atoms with Crippen LogP contribution in [-0.4, -0.2) is 32.5 Å². The van der Waals surface area contributed by atoms with Crippen molar-refractivity contribution in [2.24, 2.45) is 0 Å². The van der Waals surface area contributed by atoms with E-state index < -0.39 is 0 Å². The quantitative estimate of drug-likeness (QED) is 0.413. The molecule has 1 amide bonds. The van der Waals surface area contributed by atoms with E-state index in [9.17, 15) is 4.79 Å². The average molecular weight is 434 g/mol. The summed E-state index contributed by atoms with van der Waals surface area (Å²) in [5.41, 5.74) is 7.02. The number of nitrogens with zero attached hydrogens (tertiary/aromatic N) is 3. The van der Waals surface area contributed by atoms with E-state index in [1.807, 2.05) is 72.5 Å². The number of hydrogen-bond donors (Lipinski definition) is 1. The average Bonchev–Trinajstić information content (AvgIpc) is 3.49. The molecule has 33 heavy (non-hydrogen) atoms. The third kappa shape index (κ3) is 3.40. The highest BCUT2D eigenvalue weighted by atomic mass is 16.4. The van der Waals surface area contributed by atoms with Crippen LogP contribution in [0.5, 0.6) is 0 Å². The molecule has 6 heteroatoms. The maximum absolute atomic E-state index is 13.2. The topological polar surface area (TPSA) is 75.0 Å². The van der Waals surface area contributed by atoms with Gasteiger partial charge in [-0.05, 0) is 48.9 Å². The van der Waals surface area contributed by atoms with Gasteiger partial charge in [0.1, 0.15) is 0 Å². The van der Waals surface area contributed by atoms with E-state index in [1.165, 1.54) is 16.6 Å². The summed E-state index contributed by atoms with van der Waals surface area (Å²) in [5.74, 6) is 0.961. The molecule has 0 saturated heterocycles. The number of amides is 1. The van der Waals surface area contributed by atoms with Crippen molar-refractivity contribution in [3.63, 3.8) is 0 Å². The predicted octanol–water partition coefficient (Wildman–Crippen LogP) is 5.39. The first kappa shape index (κ1) is 19.5. The van der Waals surface area contributed by atoms with Gasteiger partial charge in [0.05, 0.1) is 0 Å². The molecule has 162 valence electrons. The molecule has 0 fully saturated rings. The molecule has 0 radical (unpaired) electrons. The zero-order chi connectivity index (χ0) is 22.4. The van der Waals surface area contributed by atoms with Crippen LogP contribution in [0.2, 0.25) is 0 Å². The van der Waals surface area contributed by atoms with Crippen LogP contribution in [0.1, 0.15) is 27.2 Å². The highest BCUT2D eigenvalue weighted by Crippen LogP contribution is 2.29. The summed E-state index contributed by atoms with van der Waals surface area (Å²) in [5, 5.41) is 9.60. The van der Waals surface area contributed by atoms with E-state index in [4.69, 9.17) is 4.42 Å². The number of carbonyl (C=O) groups is 1. The van der Waals surface area contributed by atoms with Crippen molar-refractivity contribution in [1.29, 1.82) is 0 Å². The molecule has 0 saturated carbocycles. The Morgan fingerprint density at radius 1 is 0.939 bits per heavy atom. The minimum absolute atomic E-state index is 0.0311. The minimum atomic E-state index is 0.0311. The Balaban J connectivity index is 1.22. The Hall–Kier alpha value is -4.19. The molecule has 2 aromatic heterocycles. The van der Waals surface area contributed by atoms with Crippen LogP contribution in [-0.2, 0) is 13.0 Å². The van der Waals surface area contributed by atoms with Crippen LogP contribution in [0, 0.1) is 6.92 Å². The number of H-pyrrole nitrogens is 1. The Morgan fingerprint density at radius 3 is 2.55 bits per heavy atom.